The van der Waals surface area contributed by atoms with Crippen molar-refractivity contribution < 1.29 is 24.2 Å². The standard InChI is InChI=1S/C25H45NO5/c1-7-8-9-13-16-24(4,30)18-19-26-22(29)23(2,3)21(28)25(26,5)17-14-11-10-12-15-20(27)31-6/h30H,7-19H2,1-6H3. The van der Waals surface area contributed by atoms with Crippen molar-refractivity contribution in [3.8, 4) is 0 Å². The van der Waals surface area contributed by atoms with Crippen LogP contribution in [0.2, 0.25) is 0 Å². The molecule has 0 aromatic carbocycles. The highest BCUT2D eigenvalue weighted by atomic mass is 16.5. The molecular weight excluding hydrogens is 394 g/mol. The van der Waals surface area contributed by atoms with Crippen molar-refractivity contribution in [2.24, 2.45) is 5.41 Å². The highest BCUT2D eigenvalue weighted by Crippen LogP contribution is 2.42. The van der Waals surface area contributed by atoms with Crippen LogP contribution in [0.3, 0.4) is 0 Å². The molecule has 0 aromatic rings. The number of nitrogens with zero attached hydrogens (tertiary/aromatic N) is 1. The Bertz CT molecular complexity index is 613. The van der Waals surface area contributed by atoms with E-state index in [4.69, 9.17) is 0 Å². The van der Waals surface area contributed by atoms with Crippen LogP contribution < -0.4 is 0 Å². The molecule has 0 saturated carbocycles. The fraction of sp³-hybridized carbons (Fsp3) is 0.880. The molecule has 2 atom stereocenters. The maximum atomic E-state index is 13.2. The predicted molar refractivity (Wildman–Crippen MR) is 123 cm³/mol. The van der Waals surface area contributed by atoms with E-state index in [9.17, 15) is 19.5 Å². The average molecular weight is 440 g/mol. The lowest BCUT2D eigenvalue weighted by atomic mass is 9.80. The molecule has 0 radical (unpaired) electrons. The summed E-state index contributed by atoms with van der Waals surface area (Å²) in [6.45, 7) is 9.71. The van der Waals surface area contributed by atoms with Crippen LogP contribution in [0.1, 0.15) is 112 Å². The van der Waals surface area contributed by atoms with Crippen molar-refractivity contribution in [1.29, 1.82) is 0 Å². The third kappa shape index (κ3) is 7.58. The first-order valence-electron chi connectivity index (χ1n) is 12.1. The first kappa shape index (κ1) is 27.6. The number of ether oxygens (including phenoxy) is 1. The zero-order chi connectivity index (χ0) is 23.7. The molecule has 0 bridgehead atoms. The van der Waals surface area contributed by atoms with Crippen molar-refractivity contribution in [2.45, 2.75) is 123 Å². The molecule has 1 aliphatic rings. The summed E-state index contributed by atoms with van der Waals surface area (Å²) in [5, 5.41) is 10.8. The molecular formula is C25H45NO5. The quantitative estimate of drug-likeness (QED) is 0.225. The van der Waals surface area contributed by atoms with Gasteiger partial charge in [-0.25, -0.2) is 0 Å². The van der Waals surface area contributed by atoms with Gasteiger partial charge in [-0.1, -0.05) is 51.9 Å². The summed E-state index contributed by atoms with van der Waals surface area (Å²) in [6.07, 6.45) is 9.99. The lowest BCUT2D eigenvalue weighted by molar-refractivity contribution is -0.141. The summed E-state index contributed by atoms with van der Waals surface area (Å²) in [4.78, 5) is 39.2. The molecule has 1 heterocycles. The Kier molecular flexibility index (Phi) is 10.7. The van der Waals surface area contributed by atoms with E-state index in [2.05, 4.69) is 11.7 Å². The first-order valence-corrected chi connectivity index (χ1v) is 12.1. The van der Waals surface area contributed by atoms with E-state index in [-0.39, 0.29) is 17.7 Å². The number of Topliss-reactive ketones (excluding diaryl/α,β-unsaturated/α-hetero) is 1. The molecule has 6 nitrogen and oxygen atoms in total. The highest BCUT2D eigenvalue weighted by Gasteiger charge is 2.59. The van der Waals surface area contributed by atoms with Gasteiger partial charge in [0.2, 0.25) is 5.91 Å². The van der Waals surface area contributed by atoms with Gasteiger partial charge in [0.25, 0.3) is 0 Å². The van der Waals surface area contributed by atoms with Crippen molar-refractivity contribution in [2.75, 3.05) is 13.7 Å². The molecule has 0 aromatic heterocycles. The van der Waals surface area contributed by atoms with Gasteiger partial charge < -0.3 is 14.7 Å². The van der Waals surface area contributed by atoms with Gasteiger partial charge in [-0.05, 0) is 53.4 Å². The normalized spacial score (nSPS) is 22.6. The topological polar surface area (TPSA) is 83.9 Å². The van der Waals surface area contributed by atoms with E-state index in [0.717, 1.165) is 44.9 Å². The fourth-order valence-corrected chi connectivity index (χ4v) is 4.66. The molecule has 1 amide bonds. The number of methoxy groups -OCH3 is 1. The number of carbonyl (C=O) groups excluding carboxylic acids is 3. The van der Waals surface area contributed by atoms with Crippen LogP contribution in [0.25, 0.3) is 0 Å². The van der Waals surface area contributed by atoms with Crippen molar-refractivity contribution >= 4 is 17.7 Å². The Labute approximate surface area is 189 Å². The summed E-state index contributed by atoms with van der Waals surface area (Å²) in [5.41, 5.74) is -2.69. The number of aliphatic hydroxyl groups is 1. The number of hydrogen-bond acceptors (Lipinski definition) is 5. The third-order valence-corrected chi connectivity index (χ3v) is 6.90. The Hall–Kier alpha value is -1.43. The van der Waals surface area contributed by atoms with Gasteiger partial charge >= 0.3 is 5.97 Å². The Morgan fingerprint density at radius 1 is 1.00 bits per heavy atom. The lowest BCUT2D eigenvalue weighted by Gasteiger charge is -2.36. The molecule has 180 valence electrons. The Morgan fingerprint density at radius 2 is 1.61 bits per heavy atom. The van der Waals surface area contributed by atoms with Gasteiger partial charge in [-0.15, -0.1) is 0 Å². The van der Waals surface area contributed by atoms with Crippen LogP contribution in [0, 0.1) is 5.41 Å². The zero-order valence-corrected chi connectivity index (χ0v) is 20.7. The highest BCUT2D eigenvalue weighted by molar-refractivity contribution is 6.15. The number of carbonyl (C=O) groups is 3. The molecule has 2 unspecified atom stereocenters. The van der Waals surface area contributed by atoms with Gasteiger partial charge in [-0.2, -0.15) is 0 Å². The largest absolute Gasteiger partial charge is 0.469 e. The minimum Gasteiger partial charge on any atom is -0.469 e. The van der Waals surface area contributed by atoms with Crippen molar-refractivity contribution in [3.63, 3.8) is 0 Å². The van der Waals surface area contributed by atoms with Crippen LogP contribution >= 0.6 is 0 Å². The van der Waals surface area contributed by atoms with E-state index >= 15 is 0 Å². The van der Waals surface area contributed by atoms with Gasteiger partial charge in [-0.3, -0.25) is 14.4 Å². The Morgan fingerprint density at radius 3 is 2.23 bits per heavy atom. The first-order chi connectivity index (χ1) is 14.4. The van der Waals surface area contributed by atoms with Crippen LogP contribution in [0.5, 0.6) is 0 Å². The molecule has 6 heteroatoms. The number of esters is 1. The summed E-state index contributed by atoms with van der Waals surface area (Å²) in [6, 6.07) is 0. The number of likely N-dealkylation sites (tertiary alicyclic amines) is 1. The third-order valence-electron chi connectivity index (χ3n) is 6.90. The van der Waals surface area contributed by atoms with E-state index in [1.807, 2.05) is 13.8 Å². The molecule has 1 fully saturated rings. The van der Waals surface area contributed by atoms with E-state index in [1.54, 1.807) is 18.7 Å². The number of amides is 1. The number of unbranched alkanes of at least 4 members (excludes halogenated alkanes) is 6. The monoisotopic (exact) mass is 439 g/mol. The second-order valence-corrected chi connectivity index (χ2v) is 10.2. The number of ketones is 1. The van der Waals surface area contributed by atoms with E-state index in [0.29, 0.717) is 32.2 Å². The second-order valence-electron chi connectivity index (χ2n) is 10.2. The summed E-state index contributed by atoms with van der Waals surface area (Å²) < 4.78 is 4.66. The van der Waals surface area contributed by atoms with Gasteiger partial charge in [0.1, 0.15) is 5.41 Å². The number of rotatable bonds is 15. The zero-order valence-electron chi connectivity index (χ0n) is 20.7. The van der Waals surface area contributed by atoms with Gasteiger partial charge in [0, 0.05) is 13.0 Å². The molecule has 1 rings (SSSR count). The maximum Gasteiger partial charge on any atom is 0.305 e. The minimum atomic E-state index is -1.02. The fourth-order valence-electron chi connectivity index (χ4n) is 4.66. The number of hydrogen-bond donors (Lipinski definition) is 1. The lowest BCUT2D eigenvalue weighted by Crippen LogP contribution is -2.49. The smallest absolute Gasteiger partial charge is 0.305 e. The average Bonchev–Trinajstić information content (AvgIpc) is 2.84. The van der Waals surface area contributed by atoms with Crippen molar-refractivity contribution in [3.05, 3.63) is 0 Å². The van der Waals surface area contributed by atoms with Crippen LogP contribution in [-0.4, -0.2) is 52.5 Å². The van der Waals surface area contributed by atoms with E-state index < -0.39 is 16.6 Å². The second kappa shape index (κ2) is 12.0. The molecule has 0 aliphatic carbocycles. The SMILES string of the molecule is CCCCCCC(C)(O)CCN1C(=O)C(C)(C)C(=O)C1(C)CCCCCCC(=O)OC. The molecule has 0 spiro atoms. The summed E-state index contributed by atoms with van der Waals surface area (Å²) in [7, 11) is 1.39. The van der Waals surface area contributed by atoms with Gasteiger partial charge in [0.15, 0.2) is 5.78 Å². The molecule has 1 aliphatic heterocycles. The Balaban J connectivity index is 2.68. The van der Waals surface area contributed by atoms with Gasteiger partial charge in [0.05, 0.1) is 18.2 Å². The van der Waals surface area contributed by atoms with Crippen LogP contribution in [-0.2, 0) is 19.1 Å². The van der Waals surface area contributed by atoms with Crippen LogP contribution in [0.4, 0.5) is 0 Å². The maximum absolute atomic E-state index is 13.2. The molecule has 1 saturated heterocycles. The minimum absolute atomic E-state index is 0.0258. The van der Waals surface area contributed by atoms with Crippen LogP contribution in [0.15, 0.2) is 0 Å². The molecule has 31 heavy (non-hydrogen) atoms. The summed E-state index contributed by atoms with van der Waals surface area (Å²) in [5.74, 6) is -0.354. The summed E-state index contributed by atoms with van der Waals surface area (Å²) >= 11 is 0. The predicted octanol–water partition coefficient (Wildman–Crippen LogP) is 4.81. The molecule has 1 N–H and O–H groups in total. The van der Waals surface area contributed by atoms with E-state index in [1.165, 1.54) is 13.5 Å². The van der Waals surface area contributed by atoms with Crippen molar-refractivity contribution in [1.82, 2.24) is 4.90 Å².